The number of aromatic amines is 1. The number of rotatable bonds is 2. The van der Waals surface area contributed by atoms with E-state index in [0.29, 0.717) is 0 Å². The number of nitrogens with one attached hydrogen (secondary N) is 2. The van der Waals surface area contributed by atoms with Crippen molar-refractivity contribution >= 4 is 64.6 Å². The van der Waals surface area contributed by atoms with E-state index in [1.807, 2.05) is 109 Å². The standard InChI is InChI=1S/C18H13NO.C17H11NOS.Be/c20-18-14-7-3-1-5-12(14)9-10-15(18)17-11-13-6-2-4-8-16(13)19-17;19-16-12-6-2-1-5-11(12)9-10-13(16)17-18-14-7-3-4-8-15(14)20-17;/h1-10,20H,11H2;1-10,19H;/q;;+2. The fourth-order valence-electron chi connectivity index (χ4n) is 5.30. The minimum Gasteiger partial charge on any atom is -0.871 e. The zero-order valence-corrected chi connectivity index (χ0v) is 23.0. The van der Waals surface area contributed by atoms with Gasteiger partial charge >= 0.3 is 10.1 Å². The molecule has 0 spiro atoms. The van der Waals surface area contributed by atoms with Gasteiger partial charge in [-0.1, -0.05) is 114 Å². The molecule has 0 saturated heterocycles. The number of hydrogen-bond acceptors (Lipinski definition) is 3. The van der Waals surface area contributed by atoms with E-state index < -0.39 is 0 Å². The van der Waals surface area contributed by atoms with Gasteiger partial charge in [0.15, 0.2) is 5.71 Å². The monoisotopic (exact) mass is 545 g/mol. The van der Waals surface area contributed by atoms with Gasteiger partial charge in [-0.2, -0.15) is 4.98 Å². The first-order valence-electron chi connectivity index (χ1n) is 13.2. The smallest absolute Gasteiger partial charge is 0.871 e. The molecule has 0 radical (unpaired) electrons. The predicted molar refractivity (Wildman–Crippen MR) is 165 cm³/mol. The Kier molecular flexibility index (Phi) is 7.06. The van der Waals surface area contributed by atoms with E-state index in [4.69, 9.17) is 0 Å². The molecule has 0 amide bonds. The summed E-state index contributed by atoms with van der Waals surface area (Å²) in [6.07, 6.45) is 0.795. The largest absolute Gasteiger partial charge is 2.00 e. The topological polar surface area (TPSA) is 74.2 Å². The van der Waals surface area contributed by atoms with E-state index in [9.17, 15) is 10.2 Å². The van der Waals surface area contributed by atoms with Crippen LogP contribution in [0.1, 0.15) is 11.1 Å². The van der Waals surface area contributed by atoms with Gasteiger partial charge in [0.05, 0.1) is 12.0 Å². The SMILES string of the molecule is [Be+2].[O-]c1c(-c2[nH+]c3ccccc3s2)ccc2ccccc12.[O-]c1c(C2=[NH+]c3ccccc3C2)ccc2ccccc12. The van der Waals surface area contributed by atoms with Gasteiger partial charge in [-0.15, -0.1) is 0 Å². The molecule has 0 aliphatic carbocycles. The Morgan fingerprint density at radius 1 is 0.585 bits per heavy atom. The first-order chi connectivity index (χ1) is 19.7. The van der Waals surface area contributed by atoms with Crippen LogP contribution in [0.3, 0.4) is 0 Å². The second kappa shape index (κ2) is 11.0. The van der Waals surface area contributed by atoms with Crippen molar-refractivity contribution in [2.24, 2.45) is 0 Å². The van der Waals surface area contributed by atoms with Crippen LogP contribution < -0.4 is 20.2 Å². The molecule has 0 unspecified atom stereocenters. The molecule has 0 atom stereocenters. The van der Waals surface area contributed by atoms with E-state index in [1.165, 1.54) is 5.56 Å². The Morgan fingerprint density at radius 3 is 1.88 bits per heavy atom. The van der Waals surface area contributed by atoms with Crippen LogP contribution in [0, 0.1) is 0 Å². The van der Waals surface area contributed by atoms with Gasteiger partial charge in [-0.05, 0) is 39.7 Å². The van der Waals surface area contributed by atoms with Gasteiger partial charge in [0, 0.05) is 23.3 Å². The summed E-state index contributed by atoms with van der Waals surface area (Å²) in [5, 5.41) is 29.7. The van der Waals surface area contributed by atoms with Crippen molar-refractivity contribution in [3.63, 3.8) is 0 Å². The minimum absolute atomic E-state index is 0. The van der Waals surface area contributed by atoms with Crippen molar-refractivity contribution in [2.45, 2.75) is 6.42 Å². The quantitative estimate of drug-likeness (QED) is 0.314. The summed E-state index contributed by atoms with van der Waals surface area (Å²) >= 11 is 1.62. The Hall–Kier alpha value is -4.83. The van der Waals surface area contributed by atoms with Crippen molar-refractivity contribution in [2.75, 3.05) is 0 Å². The van der Waals surface area contributed by atoms with Gasteiger partial charge in [0.2, 0.25) is 11.2 Å². The third-order valence-corrected chi connectivity index (χ3v) is 8.45. The molecule has 0 bridgehead atoms. The van der Waals surface area contributed by atoms with Crippen molar-refractivity contribution in [3.05, 3.63) is 132 Å². The molecular weight excluding hydrogens is 521 g/mol. The number of para-hydroxylation sites is 2. The van der Waals surface area contributed by atoms with Gasteiger partial charge < -0.3 is 10.2 Å². The van der Waals surface area contributed by atoms with Gasteiger partial charge in [-0.3, -0.25) is 0 Å². The summed E-state index contributed by atoms with van der Waals surface area (Å²) in [6, 6.07) is 39.6. The van der Waals surface area contributed by atoms with Gasteiger partial charge in [0.25, 0.3) is 5.01 Å². The number of aromatic nitrogens is 1. The molecule has 7 aromatic rings. The fourth-order valence-corrected chi connectivity index (χ4v) is 6.32. The van der Waals surface area contributed by atoms with Crippen LogP contribution in [-0.4, -0.2) is 15.8 Å². The number of fused-ring (bicyclic) bond motifs is 4. The first kappa shape index (κ1) is 26.4. The van der Waals surface area contributed by atoms with Crippen molar-refractivity contribution in [1.82, 2.24) is 0 Å². The van der Waals surface area contributed by atoms with Crippen LogP contribution in [0.5, 0.6) is 11.5 Å². The zero-order valence-electron chi connectivity index (χ0n) is 22.2. The number of H-pyrrole nitrogens is 1. The predicted octanol–water partition coefficient (Wildman–Crippen LogP) is 4.90. The molecular formula is C35H24BeN2O2S+2. The molecule has 41 heavy (non-hydrogen) atoms. The van der Waals surface area contributed by atoms with Gasteiger partial charge in [0.1, 0.15) is 4.70 Å². The Labute approximate surface area is 245 Å². The maximum Gasteiger partial charge on any atom is 2.00 e. The maximum atomic E-state index is 12.6. The van der Waals surface area contributed by atoms with Crippen LogP contribution in [0.25, 0.3) is 42.3 Å². The van der Waals surface area contributed by atoms with E-state index in [1.54, 1.807) is 11.3 Å². The molecule has 4 nitrogen and oxygen atoms in total. The van der Waals surface area contributed by atoms with Crippen LogP contribution >= 0.6 is 11.3 Å². The number of hydrogen-bond donors (Lipinski definition) is 1. The molecule has 1 aliphatic rings. The molecule has 8 rings (SSSR count). The Morgan fingerprint density at radius 2 is 1.17 bits per heavy atom. The molecule has 0 fully saturated rings. The van der Waals surface area contributed by atoms with Crippen LogP contribution in [0.4, 0.5) is 5.69 Å². The van der Waals surface area contributed by atoms with E-state index in [2.05, 4.69) is 22.1 Å². The molecule has 2 heterocycles. The molecule has 6 heteroatoms. The summed E-state index contributed by atoms with van der Waals surface area (Å²) < 4.78 is 1.16. The number of thiazole rings is 1. The molecule has 1 aromatic heterocycles. The average Bonchev–Trinajstić information content (AvgIpc) is 3.63. The first-order valence-corrected chi connectivity index (χ1v) is 14.0. The minimum atomic E-state index is 0. The third kappa shape index (κ3) is 4.87. The molecule has 192 valence electrons. The van der Waals surface area contributed by atoms with Crippen LogP contribution in [0.15, 0.2) is 121 Å². The van der Waals surface area contributed by atoms with E-state index in [0.717, 1.165) is 65.7 Å². The van der Waals surface area contributed by atoms with Crippen molar-refractivity contribution in [1.29, 1.82) is 0 Å². The molecule has 0 saturated carbocycles. The number of benzene rings is 6. The fraction of sp³-hybridized carbons (Fsp3) is 0.0286. The third-order valence-electron chi connectivity index (χ3n) is 7.35. The maximum absolute atomic E-state index is 12.6. The Bertz CT molecular complexity index is 2050. The average molecular weight is 546 g/mol. The Balaban J connectivity index is 0.000000144. The van der Waals surface area contributed by atoms with E-state index >= 15 is 0 Å². The normalized spacial score (nSPS) is 12.0. The molecule has 1 aliphatic heterocycles. The zero-order chi connectivity index (χ0) is 27.1. The summed E-state index contributed by atoms with van der Waals surface area (Å²) in [7, 11) is 0. The summed E-state index contributed by atoms with van der Waals surface area (Å²) in [5.74, 6) is 0.198. The molecule has 6 aromatic carbocycles. The van der Waals surface area contributed by atoms with E-state index in [-0.39, 0.29) is 21.6 Å². The van der Waals surface area contributed by atoms with Crippen molar-refractivity contribution < 1.29 is 20.2 Å². The summed E-state index contributed by atoms with van der Waals surface area (Å²) in [6.45, 7) is 0. The van der Waals surface area contributed by atoms with Crippen LogP contribution in [0.2, 0.25) is 0 Å². The molecule has 2 N–H and O–H groups in total. The second-order valence-electron chi connectivity index (χ2n) is 9.82. The summed E-state index contributed by atoms with van der Waals surface area (Å²) in [5.41, 5.74) is 5.94. The van der Waals surface area contributed by atoms with Crippen molar-refractivity contribution in [3.8, 4) is 22.1 Å². The van der Waals surface area contributed by atoms with Gasteiger partial charge in [-0.25, -0.2) is 4.99 Å². The second-order valence-corrected chi connectivity index (χ2v) is 10.9. The summed E-state index contributed by atoms with van der Waals surface area (Å²) in [4.78, 5) is 6.71. The van der Waals surface area contributed by atoms with Crippen LogP contribution in [-0.2, 0) is 6.42 Å².